The highest BCUT2D eigenvalue weighted by molar-refractivity contribution is 6.35. The van der Waals surface area contributed by atoms with E-state index in [0.29, 0.717) is 12.6 Å². The van der Waals surface area contributed by atoms with Crippen molar-refractivity contribution in [2.75, 3.05) is 0 Å². The fourth-order valence-electron chi connectivity index (χ4n) is 2.78. The lowest BCUT2D eigenvalue weighted by atomic mass is 10.2. The summed E-state index contributed by atoms with van der Waals surface area (Å²) >= 11 is 6.33. The second-order valence-corrected chi connectivity index (χ2v) is 6.28. The monoisotopic (exact) mass is 313 g/mol. The molecule has 3 rings (SSSR count). The third kappa shape index (κ3) is 2.84. The van der Waals surface area contributed by atoms with Crippen LogP contribution in [0.25, 0.3) is 10.9 Å². The van der Waals surface area contributed by atoms with Crippen molar-refractivity contribution in [3.63, 3.8) is 0 Å². The van der Waals surface area contributed by atoms with Crippen molar-refractivity contribution in [2.45, 2.75) is 33.4 Å². The zero-order valence-electron chi connectivity index (χ0n) is 13.1. The minimum atomic E-state index is 0.354. The molecule has 0 aliphatic rings. The Morgan fingerprint density at radius 1 is 1.09 bits per heavy atom. The Morgan fingerprint density at radius 3 is 2.50 bits per heavy atom. The summed E-state index contributed by atoms with van der Waals surface area (Å²) in [4.78, 5) is 0. The Labute approximate surface area is 136 Å². The van der Waals surface area contributed by atoms with Crippen molar-refractivity contribution in [1.29, 1.82) is 0 Å². The first kappa shape index (κ1) is 15.0. The van der Waals surface area contributed by atoms with Gasteiger partial charge in [0.1, 0.15) is 12.4 Å². The van der Waals surface area contributed by atoms with Crippen LogP contribution in [-0.2, 0) is 6.61 Å². The van der Waals surface area contributed by atoms with Crippen LogP contribution in [0.5, 0.6) is 5.75 Å². The first-order valence-electron chi connectivity index (χ1n) is 7.54. The zero-order valence-corrected chi connectivity index (χ0v) is 13.9. The van der Waals surface area contributed by atoms with Crippen LogP contribution in [0.2, 0.25) is 5.02 Å². The van der Waals surface area contributed by atoms with E-state index < -0.39 is 0 Å². The molecular formula is C19H20ClNO. The van der Waals surface area contributed by atoms with Gasteiger partial charge in [0.15, 0.2) is 0 Å². The van der Waals surface area contributed by atoms with Gasteiger partial charge in [0.2, 0.25) is 0 Å². The molecule has 0 unspecified atom stereocenters. The van der Waals surface area contributed by atoms with Gasteiger partial charge in [0.25, 0.3) is 0 Å². The molecule has 0 saturated heterocycles. The second kappa shape index (κ2) is 6.05. The predicted molar refractivity (Wildman–Crippen MR) is 92.8 cm³/mol. The van der Waals surface area contributed by atoms with Crippen LogP contribution < -0.4 is 4.74 Å². The van der Waals surface area contributed by atoms with E-state index >= 15 is 0 Å². The van der Waals surface area contributed by atoms with Crippen LogP contribution in [0.1, 0.15) is 31.1 Å². The molecule has 0 bridgehead atoms. The van der Waals surface area contributed by atoms with Gasteiger partial charge in [-0.3, -0.25) is 0 Å². The summed E-state index contributed by atoms with van der Waals surface area (Å²) < 4.78 is 8.23. The molecule has 22 heavy (non-hydrogen) atoms. The number of fused-ring (bicyclic) bond motifs is 1. The highest BCUT2D eigenvalue weighted by atomic mass is 35.5. The van der Waals surface area contributed by atoms with Gasteiger partial charge in [0.05, 0.1) is 11.2 Å². The number of aryl methyl sites for hydroxylation is 1. The standard InChI is InChI=1S/C19H20ClNO/c1-13(2)21-15(11-17-18(20)5-4-6-19(17)21)12-22-16-9-7-14(3)8-10-16/h4-11,13H,12H2,1-3H3. The highest BCUT2D eigenvalue weighted by Crippen LogP contribution is 2.30. The topological polar surface area (TPSA) is 14.2 Å². The number of ether oxygens (including phenoxy) is 1. The first-order valence-corrected chi connectivity index (χ1v) is 7.92. The quantitative estimate of drug-likeness (QED) is 0.597. The minimum absolute atomic E-state index is 0.354. The number of hydrogen-bond acceptors (Lipinski definition) is 1. The molecule has 3 heteroatoms. The average Bonchev–Trinajstić information content (AvgIpc) is 2.87. The molecule has 114 valence electrons. The van der Waals surface area contributed by atoms with Crippen LogP contribution in [0, 0.1) is 6.92 Å². The maximum Gasteiger partial charge on any atom is 0.128 e. The molecule has 0 N–H and O–H groups in total. The van der Waals surface area contributed by atoms with E-state index in [4.69, 9.17) is 16.3 Å². The summed E-state index contributed by atoms with van der Waals surface area (Å²) in [5, 5.41) is 1.87. The predicted octanol–water partition coefficient (Wildman–Crippen LogP) is 5.76. The lowest BCUT2D eigenvalue weighted by Crippen LogP contribution is -2.08. The van der Waals surface area contributed by atoms with Crippen molar-refractivity contribution in [1.82, 2.24) is 4.57 Å². The van der Waals surface area contributed by atoms with Crippen molar-refractivity contribution in [3.8, 4) is 5.75 Å². The average molecular weight is 314 g/mol. The molecule has 0 saturated carbocycles. The largest absolute Gasteiger partial charge is 0.487 e. The van der Waals surface area contributed by atoms with Crippen LogP contribution in [0.4, 0.5) is 0 Å². The SMILES string of the molecule is Cc1ccc(OCc2cc3c(Cl)cccc3n2C(C)C)cc1. The Morgan fingerprint density at radius 2 is 1.82 bits per heavy atom. The van der Waals surface area contributed by atoms with E-state index in [-0.39, 0.29) is 0 Å². The smallest absolute Gasteiger partial charge is 0.128 e. The molecule has 1 heterocycles. The molecule has 2 nitrogen and oxygen atoms in total. The van der Waals surface area contributed by atoms with Crippen LogP contribution in [-0.4, -0.2) is 4.57 Å². The first-order chi connectivity index (χ1) is 10.6. The lowest BCUT2D eigenvalue weighted by molar-refractivity contribution is 0.293. The van der Waals surface area contributed by atoms with Crippen LogP contribution >= 0.6 is 11.6 Å². The number of halogens is 1. The number of aromatic nitrogens is 1. The highest BCUT2D eigenvalue weighted by Gasteiger charge is 2.13. The Hall–Kier alpha value is -1.93. The van der Waals surface area contributed by atoms with Gasteiger partial charge in [-0.15, -0.1) is 0 Å². The summed E-state index contributed by atoms with van der Waals surface area (Å²) in [6.45, 7) is 6.96. The zero-order chi connectivity index (χ0) is 15.7. The van der Waals surface area contributed by atoms with Crippen molar-refractivity contribution < 1.29 is 4.74 Å². The van der Waals surface area contributed by atoms with Gasteiger partial charge in [-0.05, 0) is 51.1 Å². The number of hydrogen-bond donors (Lipinski definition) is 0. The normalized spacial score (nSPS) is 11.3. The van der Waals surface area contributed by atoms with E-state index in [1.165, 1.54) is 5.56 Å². The van der Waals surface area contributed by atoms with Gasteiger partial charge in [0, 0.05) is 16.5 Å². The molecule has 0 spiro atoms. The third-order valence-corrected chi connectivity index (χ3v) is 4.16. The van der Waals surface area contributed by atoms with E-state index in [0.717, 1.165) is 27.4 Å². The molecule has 0 aliphatic heterocycles. The van der Waals surface area contributed by atoms with E-state index in [1.807, 2.05) is 24.3 Å². The summed E-state index contributed by atoms with van der Waals surface area (Å²) in [6.07, 6.45) is 0. The number of rotatable bonds is 4. The Balaban J connectivity index is 1.94. The van der Waals surface area contributed by atoms with Gasteiger partial charge < -0.3 is 9.30 Å². The van der Waals surface area contributed by atoms with Crippen molar-refractivity contribution >= 4 is 22.5 Å². The molecule has 3 aromatic rings. The molecule has 2 aromatic carbocycles. The molecule has 0 aliphatic carbocycles. The summed E-state index contributed by atoms with van der Waals surface area (Å²) in [5.74, 6) is 0.886. The summed E-state index contributed by atoms with van der Waals surface area (Å²) in [6, 6.07) is 16.6. The summed E-state index contributed by atoms with van der Waals surface area (Å²) in [5.41, 5.74) is 3.53. The van der Waals surface area contributed by atoms with E-state index in [9.17, 15) is 0 Å². The van der Waals surface area contributed by atoms with Gasteiger partial charge >= 0.3 is 0 Å². The van der Waals surface area contributed by atoms with Gasteiger partial charge in [-0.25, -0.2) is 0 Å². The number of nitrogens with zero attached hydrogens (tertiary/aromatic N) is 1. The molecule has 0 atom stereocenters. The molecule has 0 amide bonds. The van der Waals surface area contributed by atoms with E-state index in [2.05, 4.69) is 49.6 Å². The third-order valence-electron chi connectivity index (χ3n) is 3.83. The lowest BCUT2D eigenvalue weighted by Gasteiger charge is -2.15. The number of benzene rings is 2. The molecule has 1 aromatic heterocycles. The fraction of sp³-hybridized carbons (Fsp3) is 0.263. The minimum Gasteiger partial charge on any atom is -0.487 e. The van der Waals surface area contributed by atoms with Gasteiger partial charge in [-0.1, -0.05) is 35.4 Å². The maximum atomic E-state index is 6.33. The fourth-order valence-corrected chi connectivity index (χ4v) is 3.01. The second-order valence-electron chi connectivity index (χ2n) is 5.87. The van der Waals surface area contributed by atoms with Crippen molar-refractivity contribution in [3.05, 3.63) is 64.8 Å². The molecular weight excluding hydrogens is 294 g/mol. The van der Waals surface area contributed by atoms with E-state index in [1.54, 1.807) is 0 Å². The van der Waals surface area contributed by atoms with Gasteiger partial charge in [-0.2, -0.15) is 0 Å². The summed E-state index contributed by atoms with van der Waals surface area (Å²) in [7, 11) is 0. The Bertz CT molecular complexity index is 787. The molecule has 0 radical (unpaired) electrons. The molecule has 0 fully saturated rings. The van der Waals surface area contributed by atoms with Crippen LogP contribution in [0.3, 0.4) is 0 Å². The van der Waals surface area contributed by atoms with Crippen molar-refractivity contribution in [2.24, 2.45) is 0 Å². The van der Waals surface area contributed by atoms with Crippen LogP contribution in [0.15, 0.2) is 48.5 Å². The maximum absolute atomic E-state index is 6.33. The Kier molecular flexibility index (Phi) is 4.12.